The van der Waals surface area contributed by atoms with Crippen molar-refractivity contribution in [3.63, 3.8) is 0 Å². The van der Waals surface area contributed by atoms with Gasteiger partial charge in [-0.1, -0.05) is 12.1 Å². The van der Waals surface area contributed by atoms with Crippen LogP contribution >= 0.6 is 0 Å². The fraction of sp³-hybridized carbons (Fsp3) is 0.435. The topological polar surface area (TPSA) is 69.6 Å². The normalized spacial score (nSPS) is 14.6. The Bertz CT molecular complexity index is 851. The van der Waals surface area contributed by atoms with Crippen LogP contribution in [0.15, 0.2) is 41.4 Å². The van der Waals surface area contributed by atoms with E-state index >= 15 is 0 Å². The largest absolute Gasteiger partial charge is 0.502 e. The van der Waals surface area contributed by atoms with Crippen LogP contribution in [0.3, 0.4) is 0 Å². The van der Waals surface area contributed by atoms with E-state index in [9.17, 15) is 5.11 Å². The van der Waals surface area contributed by atoms with Crippen LogP contribution in [0.4, 0.5) is 5.69 Å². The molecule has 2 N–H and O–H groups in total. The number of guanidine groups is 1. The maximum absolute atomic E-state index is 10.1. The maximum Gasteiger partial charge on any atom is 0.200 e. The van der Waals surface area contributed by atoms with Gasteiger partial charge in [-0.25, -0.2) is 4.99 Å². The number of piperazine rings is 1. The minimum atomic E-state index is 0.00640. The fourth-order valence-electron chi connectivity index (χ4n) is 3.63. The first-order chi connectivity index (χ1) is 14.5. The van der Waals surface area contributed by atoms with E-state index in [1.54, 1.807) is 12.1 Å². The predicted molar refractivity (Wildman–Crippen MR) is 121 cm³/mol. The van der Waals surface area contributed by atoms with Gasteiger partial charge in [0.25, 0.3) is 0 Å². The van der Waals surface area contributed by atoms with E-state index < -0.39 is 0 Å². The first kappa shape index (κ1) is 21.6. The number of anilines is 1. The lowest BCUT2D eigenvalue weighted by atomic mass is 10.2. The average Bonchev–Trinajstić information content (AvgIpc) is 2.77. The molecule has 1 saturated heterocycles. The quantitative estimate of drug-likeness (QED) is 0.562. The minimum Gasteiger partial charge on any atom is -0.502 e. The SMILES string of the molecule is CCNC(=NCc1cc(OC)c(O)c(OC)c1)N1CCN(c2cccc(C)c2)CC1. The van der Waals surface area contributed by atoms with Crippen molar-refractivity contribution >= 4 is 11.6 Å². The highest BCUT2D eigenvalue weighted by Gasteiger charge is 2.20. The fourth-order valence-corrected chi connectivity index (χ4v) is 3.63. The van der Waals surface area contributed by atoms with Crippen LogP contribution in [0, 0.1) is 6.92 Å². The van der Waals surface area contributed by atoms with Crippen LogP contribution in [0.2, 0.25) is 0 Å². The zero-order chi connectivity index (χ0) is 21.5. The molecule has 2 aromatic carbocycles. The molecule has 30 heavy (non-hydrogen) atoms. The van der Waals surface area contributed by atoms with Crippen LogP contribution in [0.5, 0.6) is 17.2 Å². The summed E-state index contributed by atoms with van der Waals surface area (Å²) in [7, 11) is 3.05. The Kier molecular flexibility index (Phi) is 7.27. The molecule has 0 aliphatic carbocycles. The van der Waals surface area contributed by atoms with Crippen molar-refractivity contribution in [2.24, 2.45) is 4.99 Å². The van der Waals surface area contributed by atoms with E-state index in [0.29, 0.717) is 18.0 Å². The molecule has 3 rings (SSSR count). The lowest BCUT2D eigenvalue weighted by Gasteiger charge is -2.37. The number of phenolic OH excluding ortho intramolecular Hbond substituents is 1. The Balaban J connectivity index is 1.70. The average molecular weight is 413 g/mol. The lowest BCUT2D eigenvalue weighted by molar-refractivity contribution is 0.339. The molecule has 0 bridgehead atoms. The highest BCUT2D eigenvalue weighted by Crippen LogP contribution is 2.37. The van der Waals surface area contributed by atoms with Crippen LogP contribution in [-0.4, -0.2) is 62.9 Å². The molecule has 162 valence electrons. The Morgan fingerprint density at radius 2 is 1.73 bits per heavy atom. The van der Waals surface area contributed by atoms with Gasteiger partial charge in [-0.15, -0.1) is 0 Å². The molecular formula is C23H32N4O3. The van der Waals surface area contributed by atoms with Crippen LogP contribution in [0.25, 0.3) is 0 Å². The second kappa shape index (κ2) is 10.1. The third-order valence-electron chi connectivity index (χ3n) is 5.23. The molecule has 0 atom stereocenters. The summed E-state index contributed by atoms with van der Waals surface area (Å²) in [6.07, 6.45) is 0. The third kappa shape index (κ3) is 5.09. The first-order valence-electron chi connectivity index (χ1n) is 10.3. The van der Waals surface area contributed by atoms with Gasteiger partial charge in [0, 0.05) is 38.4 Å². The molecule has 7 nitrogen and oxygen atoms in total. The molecule has 0 saturated carbocycles. The monoisotopic (exact) mass is 412 g/mol. The third-order valence-corrected chi connectivity index (χ3v) is 5.23. The van der Waals surface area contributed by atoms with Crippen molar-refractivity contribution in [2.45, 2.75) is 20.4 Å². The summed E-state index contributed by atoms with van der Waals surface area (Å²) in [4.78, 5) is 9.54. The van der Waals surface area contributed by atoms with Gasteiger partial charge >= 0.3 is 0 Å². The number of nitrogens with one attached hydrogen (secondary N) is 1. The molecular weight excluding hydrogens is 380 g/mol. The van der Waals surface area contributed by atoms with E-state index in [1.165, 1.54) is 25.5 Å². The van der Waals surface area contributed by atoms with Gasteiger partial charge in [-0.3, -0.25) is 0 Å². The summed E-state index contributed by atoms with van der Waals surface area (Å²) in [6.45, 7) is 9.19. The van der Waals surface area contributed by atoms with Crippen molar-refractivity contribution in [1.29, 1.82) is 0 Å². The molecule has 0 spiro atoms. The van der Waals surface area contributed by atoms with Crippen LogP contribution in [-0.2, 0) is 6.54 Å². The number of ether oxygens (including phenoxy) is 2. The maximum atomic E-state index is 10.1. The van der Waals surface area contributed by atoms with Gasteiger partial charge in [-0.05, 0) is 49.2 Å². The number of rotatable bonds is 6. The molecule has 1 aliphatic heterocycles. The molecule has 1 heterocycles. The van der Waals surface area contributed by atoms with Crippen molar-refractivity contribution in [2.75, 3.05) is 51.8 Å². The molecule has 0 amide bonds. The van der Waals surface area contributed by atoms with Gasteiger partial charge < -0.3 is 29.7 Å². The second-order valence-corrected chi connectivity index (χ2v) is 7.33. The number of methoxy groups -OCH3 is 2. The number of hydrogen-bond donors (Lipinski definition) is 2. The van der Waals surface area contributed by atoms with E-state index in [1.807, 2.05) is 0 Å². The standard InChI is InChI=1S/C23H32N4O3/c1-5-24-23(25-16-18-14-20(29-3)22(28)21(15-18)30-4)27-11-9-26(10-12-27)19-8-6-7-17(2)13-19/h6-8,13-15,28H,5,9-12,16H2,1-4H3,(H,24,25). The summed E-state index contributed by atoms with van der Waals surface area (Å²) in [6, 6.07) is 12.2. The summed E-state index contributed by atoms with van der Waals surface area (Å²) >= 11 is 0. The second-order valence-electron chi connectivity index (χ2n) is 7.33. The number of aliphatic imine (C=N–C) groups is 1. The number of hydrogen-bond acceptors (Lipinski definition) is 5. The molecule has 0 radical (unpaired) electrons. The Hall–Kier alpha value is -3.09. The molecule has 2 aromatic rings. The van der Waals surface area contributed by atoms with Gasteiger partial charge in [0.1, 0.15) is 0 Å². The summed E-state index contributed by atoms with van der Waals surface area (Å²) in [5.41, 5.74) is 3.47. The van der Waals surface area contributed by atoms with Gasteiger partial charge in [0.2, 0.25) is 5.75 Å². The highest BCUT2D eigenvalue weighted by atomic mass is 16.5. The Morgan fingerprint density at radius 1 is 1.07 bits per heavy atom. The first-order valence-corrected chi connectivity index (χ1v) is 10.3. The molecule has 1 aliphatic rings. The highest BCUT2D eigenvalue weighted by molar-refractivity contribution is 5.80. The number of phenols is 1. The van der Waals surface area contributed by atoms with E-state index in [-0.39, 0.29) is 5.75 Å². The van der Waals surface area contributed by atoms with E-state index in [4.69, 9.17) is 14.5 Å². The van der Waals surface area contributed by atoms with Crippen molar-refractivity contribution in [3.8, 4) is 17.2 Å². The molecule has 0 unspecified atom stereocenters. The zero-order valence-corrected chi connectivity index (χ0v) is 18.3. The number of benzene rings is 2. The smallest absolute Gasteiger partial charge is 0.200 e. The summed E-state index contributed by atoms with van der Waals surface area (Å²) in [5, 5.41) is 13.5. The summed E-state index contributed by atoms with van der Waals surface area (Å²) in [5.74, 6) is 1.67. The van der Waals surface area contributed by atoms with Crippen molar-refractivity contribution < 1.29 is 14.6 Å². The van der Waals surface area contributed by atoms with Crippen molar-refractivity contribution in [1.82, 2.24) is 10.2 Å². The van der Waals surface area contributed by atoms with E-state index in [2.05, 4.69) is 53.2 Å². The van der Waals surface area contributed by atoms with Crippen LogP contribution in [0.1, 0.15) is 18.1 Å². The zero-order valence-electron chi connectivity index (χ0n) is 18.3. The van der Waals surface area contributed by atoms with Gasteiger partial charge in [-0.2, -0.15) is 0 Å². The number of nitrogens with zero attached hydrogens (tertiary/aromatic N) is 3. The predicted octanol–water partition coefficient (Wildman–Crippen LogP) is 3.01. The number of aryl methyl sites for hydroxylation is 1. The Labute approximate surface area is 178 Å². The van der Waals surface area contributed by atoms with Gasteiger partial charge in [0.15, 0.2) is 17.5 Å². The lowest BCUT2D eigenvalue weighted by Crippen LogP contribution is -2.52. The van der Waals surface area contributed by atoms with Crippen molar-refractivity contribution in [3.05, 3.63) is 47.5 Å². The number of aromatic hydroxyl groups is 1. The van der Waals surface area contributed by atoms with Crippen LogP contribution < -0.4 is 19.7 Å². The molecule has 0 aromatic heterocycles. The molecule has 7 heteroatoms. The molecule has 1 fully saturated rings. The van der Waals surface area contributed by atoms with Gasteiger partial charge in [0.05, 0.1) is 20.8 Å². The summed E-state index contributed by atoms with van der Waals surface area (Å²) < 4.78 is 10.5. The Morgan fingerprint density at radius 3 is 2.30 bits per heavy atom. The van der Waals surface area contributed by atoms with E-state index in [0.717, 1.165) is 44.2 Å². The minimum absolute atomic E-state index is 0.00640.